The second-order valence-electron chi connectivity index (χ2n) is 7.30. The van der Waals surface area contributed by atoms with E-state index in [1.807, 2.05) is 18.2 Å². The number of fused-ring (bicyclic) bond motifs is 2. The molecule has 124 valence electrons. The molecule has 4 rings (SSSR count). The third-order valence-electron chi connectivity index (χ3n) is 6.20. The highest BCUT2D eigenvalue weighted by Gasteiger charge is 2.57. The number of halogens is 1. The average Bonchev–Trinajstić information content (AvgIpc) is 3.16. The largest absolute Gasteiger partial charge is 0.469 e. The van der Waals surface area contributed by atoms with Crippen LogP contribution in [0, 0.1) is 17.8 Å². The molecule has 2 bridgehead atoms. The van der Waals surface area contributed by atoms with Crippen LogP contribution in [0.1, 0.15) is 30.7 Å². The highest BCUT2D eigenvalue weighted by Crippen LogP contribution is 2.53. The van der Waals surface area contributed by atoms with Crippen molar-refractivity contribution in [1.29, 1.82) is 0 Å². The van der Waals surface area contributed by atoms with E-state index in [2.05, 4.69) is 17.0 Å². The smallest absolute Gasteiger partial charge is 0.310 e. The third-order valence-corrected chi connectivity index (χ3v) is 6.20. The molecule has 0 amide bonds. The number of rotatable bonds is 5. The van der Waals surface area contributed by atoms with Crippen LogP contribution in [-0.4, -0.2) is 43.3 Å². The number of alkyl halides is 1. The Bertz CT molecular complexity index is 578. The van der Waals surface area contributed by atoms with Gasteiger partial charge in [-0.2, -0.15) is 0 Å². The van der Waals surface area contributed by atoms with Crippen LogP contribution >= 0.6 is 0 Å². The SMILES string of the molecule is COC(=O)C1C(c2ccccc2)[C@@H]2CCC1N2C[C@H]1CC1C[18F]. The monoisotopic (exact) mass is 316 g/mol. The Balaban J connectivity index is 1.61. The highest BCUT2D eigenvalue weighted by molar-refractivity contribution is 5.75. The fraction of sp³-hybridized carbons (Fsp3) is 0.632. The van der Waals surface area contributed by atoms with Crippen LogP contribution in [-0.2, 0) is 9.53 Å². The second-order valence-corrected chi connectivity index (χ2v) is 7.30. The standard InChI is InChI=1S/C19H24FNO2/c1-23-19(22)18-16-8-7-15(17(18)12-5-3-2-4-6-12)21(16)11-14-9-13(14)10-20/h2-6,13-18H,7-11H2,1H3/t13?,14-,15+,16?,17?,18?/m1/s1/i20-1. The first kappa shape index (κ1) is 15.1. The van der Waals surface area contributed by atoms with Crippen molar-refractivity contribution >= 4 is 5.97 Å². The molecule has 1 aromatic carbocycles. The summed E-state index contributed by atoms with van der Waals surface area (Å²) in [5, 5.41) is 0. The fourth-order valence-electron chi connectivity index (χ4n) is 4.98. The van der Waals surface area contributed by atoms with Gasteiger partial charge in [0.1, 0.15) is 0 Å². The van der Waals surface area contributed by atoms with Crippen molar-refractivity contribution in [3.8, 4) is 0 Å². The minimum absolute atomic E-state index is 0.0799. The lowest BCUT2D eigenvalue weighted by Gasteiger charge is -2.27. The fourth-order valence-corrected chi connectivity index (χ4v) is 4.98. The maximum atomic E-state index is 12.8. The third kappa shape index (κ3) is 2.47. The molecule has 0 radical (unpaired) electrons. The number of hydrogen-bond donors (Lipinski definition) is 0. The van der Waals surface area contributed by atoms with E-state index in [0.29, 0.717) is 12.0 Å². The summed E-state index contributed by atoms with van der Waals surface area (Å²) in [6, 6.07) is 11.0. The van der Waals surface area contributed by atoms with Crippen LogP contribution < -0.4 is 0 Å². The molecule has 1 aliphatic carbocycles. The van der Waals surface area contributed by atoms with Crippen molar-refractivity contribution in [2.24, 2.45) is 17.8 Å². The summed E-state index contributed by atoms with van der Waals surface area (Å²) in [6.07, 6.45) is 3.19. The Labute approximate surface area is 136 Å². The van der Waals surface area contributed by atoms with Crippen LogP contribution in [0.4, 0.5) is 4.39 Å². The molecule has 2 saturated heterocycles. The van der Waals surface area contributed by atoms with Gasteiger partial charge in [-0.25, -0.2) is 0 Å². The minimum Gasteiger partial charge on any atom is -0.469 e. The number of nitrogens with zero attached hydrogens (tertiary/aromatic N) is 1. The summed E-state index contributed by atoms with van der Waals surface area (Å²) in [7, 11) is 1.49. The molecule has 1 aromatic rings. The molecular weight excluding hydrogens is 292 g/mol. The van der Waals surface area contributed by atoms with Crippen LogP contribution in [0.25, 0.3) is 0 Å². The first-order valence-corrected chi connectivity index (χ1v) is 8.69. The van der Waals surface area contributed by atoms with E-state index in [1.165, 1.54) is 12.7 Å². The molecule has 0 aromatic heterocycles. The average molecular weight is 316 g/mol. The second kappa shape index (κ2) is 5.90. The molecular formula is C19H24FNO2. The number of methoxy groups -OCH3 is 1. The predicted octanol–water partition coefficient (Wildman–Crippen LogP) is 3.01. The van der Waals surface area contributed by atoms with Gasteiger partial charge in [0.05, 0.1) is 19.7 Å². The van der Waals surface area contributed by atoms with Gasteiger partial charge in [-0.05, 0) is 36.7 Å². The predicted molar refractivity (Wildman–Crippen MR) is 85.8 cm³/mol. The molecule has 3 aliphatic rings. The van der Waals surface area contributed by atoms with Gasteiger partial charge in [0, 0.05) is 24.5 Å². The Hall–Kier alpha value is -1.42. The van der Waals surface area contributed by atoms with E-state index in [9.17, 15) is 9.18 Å². The van der Waals surface area contributed by atoms with Crippen LogP contribution in [0.3, 0.4) is 0 Å². The first-order valence-electron chi connectivity index (χ1n) is 8.69. The molecule has 6 atom stereocenters. The molecule has 23 heavy (non-hydrogen) atoms. The van der Waals surface area contributed by atoms with Gasteiger partial charge in [0.2, 0.25) is 0 Å². The Morgan fingerprint density at radius 1 is 1.22 bits per heavy atom. The zero-order valence-electron chi connectivity index (χ0n) is 13.5. The lowest BCUT2D eigenvalue weighted by Crippen LogP contribution is -2.35. The van der Waals surface area contributed by atoms with E-state index in [4.69, 9.17) is 4.74 Å². The number of ether oxygens (including phenoxy) is 1. The number of esters is 1. The van der Waals surface area contributed by atoms with Gasteiger partial charge in [0.15, 0.2) is 0 Å². The van der Waals surface area contributed by atoms with Crippen molar-refractivity contribution in [3.63, 3.8) is 0 Å². The zero-order valence-corrected chi connectivity index (χ0v) is 13.5. The van der Waals surface area contributed by atoms with Gasteiger partial charge in [-0.1, -0.05) is 30.3 Å². The van der Waals surface area contributed by atoms with Crippen LogP contribution in [0.5, 0.6) is 0 Å². The molecule has 4 unspecified atom stereocenters. The van der Waals surface area contributed by atoms with E-state index in [0.717, 1.165) is 25.8 Å². The topological polar surface area (TPSA) is 29.5 Å². The van der Waals surface area contributed by atoms with E-state index in [1.54, 1.807) is 0 Å². The van der Waals surface area contributed by atoms with Gasteiger partial charge < -0.3 is 4.74 Å². The van der Waals surface area contributed by atoms with Gasteiger partial charge >= 0.3 is 5.97 Å². The molecule has 0 N–H and O–H groups in total. The highest BCUT2D eigenvalue weighted by atomic mass is 18.2. The molecule has 1 saturated carbocycles. The summed E-state index contributed by atoms with van der Waals surface area (Å²) in [6.45, 7) is 0.747. The molecule has 2 heterocycles. The van der Waals surface area contributed by atoms with Crippen molar-refractivity contribution < 1.29 is 13.9 Å². The van der Waals surface area contributed by atoms with E-state index < -0.39 is 0 Å². The number of hydrogen-bond acceptors (Lipinski definition) is 3. The van der Waals surface area contributed by atoms with Gasteiger partial charge in [0.25, 0.3) is 0 Å². The van der Waals surface area contributed by atoms with Crippen molar-refractivity contribution in [2.75, 3.05) is 20.3 Å². The Morgan fingerprint density at radius 3 is 2.61 bits per heavy atom. The molecule has 2 aliphatic heterocycles. The Morgan fingerprint density at radius 2 is 1.96 bits per heavy atom. The maximum Gasteiger partial charge on any atom is 0.310 e. The maximum absolute atomic E-state index is 12.8. The van der Waals surface area contributed by atoms with Gasteiger partial charge in [-0.3, -0.25) is 14.1 Å². The number of carbonyl (C=O) groups is 1. The van der Waals surface area contributed by atoms with Crippen molar-refractivity contribution in [3.05, 3.63) is 35.9 Å². The molecule has 3 nitrogen and oxygen atoms in total. The number of carbonyl (C=O) groups excluding carboxylic acids is 1. The summed E-state index contributed by atoms with van der Waals surface area (Å²) in [5.74, 6) is 0.778. The Kier molecular flexibility index (Phi) is 3.88. The lowest BCUT2D eigenvalue weighted by atomic mass is 9.75. The summed E-state index contributed by atoms with van der Waals surface area (Å²) in [5.41, 5.74) is 1.23. The first-order chi connectivity index (χ1) is 11.2. The molecule has 0 spiro atoms. The van der Waals surface area contributed by atoms with Crippen molar-refractivity contribution in [2.45, 2.75) is 37.3 Å². The summed E-state index contributed by atoms with van der Waals surface area (Å²) in [4.78, 5) is 14.9. The lowest BCUT2D eigenvalue weighted by molar-refractivity contribution is -0.147. The summed E-state index contributed by atoms with van der Waals surface area (Å²) >= 11 is 0. The number of benzene rings is 1. The minimum atomic E-state index is -0.198. The van der Waals surface area contributed by atoms with Crippen LogP contribution in [0.2, 0.25) is 0 Å². The zero-order chi connectivity index (χ0) is 16.0. The van der Waals surface area contributed by atoms with Crippen LogP contribution in [0.15, 0.2) is 30.3 Å². The summed E-state index contributed by atoms with van der Waals surface area (Å²) < 4.78 is 17.9. The van der Waals surface area contributed by atoms with E-state index >= 15 is 0 Å². The van der Waals surface area contributed by atoms with E-state index in [-0.39, 0.29) is 36.4 Å². The molecule has 3 fully saturated rings. The molecule has 4 heteroatoms. The normalized spacial score (nSPS) is 38.7. The quantitative estimate of drug-likeness (QED) is 0.782. The van der Waals surface area contributed by atoms with Crippen molar-refractivity contribution in [1.82, 2.24) is 4.90 Å². The van der Waals surface area contributed by atoms with Gasteiger partial charge in [-0.15, -0.1) is 0 Å².